The summed E-state index contributed by atoms with van der Waals surface area (Å²) in [4.78, 5) is 0. The van der Waals surface area contributed by atoms with Gasteiger partial charge in [-0.15, -0.1) is 0 Å². The summed E-state index contributed by atoms with van der Waals surface area (Å²) in [6.07, 6.45) is 16.4. The fraction of sp³-hybridized carbons (Fsp3) is 0.667. The summed E-state index contributed by atoms with van der Waals surface area (Å²) in [6, 6.07) is 4.90. The lowest BCUT2D eigenvalue weighted by molar-refractivity contribution is 0.327. The second kappa shape index (κ2) is 7.89. The molecule has 2 aliphatic rings. The second-order valence-corrected chi connectivity index (χ2v) is 8.80. The molecule has 0 radical (unpaired) electrons. The fourth-order valence-corrected chi connectivity index (χ4v) is 4.74. The zero-order chi connectivity index (χ0) is 17.1. The Hall–Kier alpha value is -1.04. The van der Waals surface area contributed by atoms with Crippen LogP contribution in [0.1, 0.15) is 86.5 Å². The van der Waals surface area contributed by atoms with Gasteiger partial charge in [-0.3, -0.25) is 0 Å². The van der Waals surface area contributed by atoms with E-state index in [4.69, 9.17) is 0 Å². The van der Waals surface area contributed by atoms with E-state index < -0.39 is 0 Å². The topological polar surface area (TPSA) is 0 Å². The van der Waals surface area contributed by atoms with Crippen LogP contribution in [0, 0.1) is 38.5 Å². The molecular weight excluding hydrogens is 288 g/mol. The highest BCUT2D eigenvalue weighted by molar-refractivity contribution is 5.38. The third-order valence-electron chi connectivity index (χ3n) is 6.91. The van der Waals surface area contributed by atoms with Crippen molar-refractivity contribution in [2.45, 2.75) is 85.0 Å². The lowest BCUT2D eigenvalue weighted by atomic mass is 9.77. The zero-order valence-corrected chi connectivity index (χ0v) is 16.3. The molecule has 0 unspecified atom stereocenters. The SMILES string of the molecule is Cc1cc(C2CCC(C=CC3CCC(C)CC3)CC2)cc(C)c1C. The first-order valence-corrected chi connectivity index (χ1v) is 10.3. The van der Waals surface area contributed by atoms with Crippen LogP contribution in [-0.4, -0.2) is 0 Å². The van der Waals surface area contributed by atoms with Crippen molar-refractivity contribution < 1.29 is 0 Å². The van der Waals surface area contributed by atoms with Crippen LogP contribution in [0.3, 0.4) is 0 Å². The van der Waals surface area contributed by atoms with E-state index in [0.29, 0.717) is 0 Å². The largest absolute Gasteiger partial charge is 0.0851 e. The summed E-state index contributed by atoms with van der Waals surface area (Å²) in [5.41, 5.74) is 6.01. The van der Waals surface area contributed by atoms with Crippen LogP contribution in [0.5, 0.6) is 0 Å². The molecule has 2 saturated carbocycles. The maximum Gasteiger partial charge on any atom is -0.0161 e. The first kappa shape index (κ1) is 17.8. The number of benzene rings is 1. The third-order valence-corrected chi connectivity index (χ3v) is 6.91. The van der Waals surface area contributed by atoms with Gasteiger partial charge >= 0.3 is 0 Å². The molecule has 0 nitrogen and oxygen atoms in total. The van der Waals surface area contributed by atoms with Crippen LogP contribution >= 0.6 is 0 Å². The summed E-state index contributed by atoms with van der Waals surface area (Å²) < 4.78 is 0. The Morgan fingerprint density at radius 2 is 1.17 bits per heavy atom. The Kier molecular flexibility index (Phi) is 5.85. The van der Waals surface area contributed by atoms with Crippen molar-refractivity contribution in [1.82, 2.24) is 0 Å². The molecule has 0 bridgehead atoms. The molecule has 1 aromatic rings. The quantitative estimate of drug-likeness (QED) is 0.513. The average Bonchev–Trinajstić information content (AvgIpc) is 2.59. The molecule has 2 aliphatic carbocycles. The summed E-state index contributed by atoms with van der Waals surface area (Å²) in [6.45, 7) is 9.20. The normalized spacial score (nSPS) is 31.5. The monoisotopic (exact) mass is 324 g/mol. The smallest absolute Gasteiger partial charge is 0.0161 e. The fourth-order valence-electron chi connectivity index (χ4n) is 4.74. The molecule has 0 heterocycles. The second-order valence-electron chi connectivity index (χ2n) is 8.80. The van der Waals surface area contributed by atoms with E-state index in [9.17, 15) is 0 Å². The third kappa shape index (κ3) is 4.32. The number of rotatable bonds is 3. The molecule has 2 fully saturated rings. The number of hydrogen-bond donors (Lipinski definition) is 0. The van der Waals surface area contributed by atoms with E-state index in [1.807, 2.05) is 0 Å². The van der Waals surface area contributed by atoms with Gasteiger partial charge in [0, 0.05) is 0 Å². The highest BCUT2D eigenvalue weighted by Gasteiger charge is 2.22. The van der Waals surface area contributed by atoms with E-state index in [0.717, 1.165) is 23.7 Å². The van der Waals surface area contributed by atoms with Crippen molar-refractivity contribution >= 4 is 0 Å². The van der Waals surface area contributed by atoms with E-state index in [1.165, 1.54) is 68.1 Å². The van der Waals surface area contributed by atoms with Gasteiger partial charge in [0.05, 0.1) is 0 Å². The Bertz CT molecular complexity index is 541. The summed E-state index contributed by atoms with van der Waals surface area (Å²) >= 11 is 0. The maximum absolute atomic E-state index is 2.59. The van der Waals surface area contributed by atoms with Gasteiger partial charge in [0.15, 0.2) is 0 Å². The Morgan fingerprint density at radius 1 is 0.708 bits per heavy atom. The first-order valence-electron chi connectivity index (χ1n) is 10.3. The molecular formula is C24H36. The highest BCUT2D eigenvalue weighted by Crippen LogP contribution is 2.38. The number of hydrogen-bond acceptors (Lipinski definition) is 0. The summed E-state index contributed by atoms with van der Waals surface area (Å²) in [7, 11) is 0. The van der Waals surface area contributed by atoms with Gasteiger partial charge in [0.25, 0.3) is 0 Å². The van der Waals surface area contributed by atoms with Gasteiger partial charge in [-0.1, -0.05) is 44.1 Å². The van der Waals surface area contributed by atoms with Crippen molar-refractivity contribution in [2.24, 2.45) is 17.8 Å². The van der Waals surface area contributed by atoms with Crippen molar-refractivity contribution in [3.63, 3.8) is 0 Å². The van der Waals surface area contributed by atoms with Gasteiger partial charge in [0.2, 0.25) is 0 Å². The predicted octanol–water partition coefficient (Wildman–Crippen LogP) is 7.27. The highest BCUT2D eigenvalue weighted by atomic mass is 14.3. The van der Waals surface area contributed by atoms with Crippen molar-refractivity contribution in [3.8, 4) is 0 Å². The van der Waals surface area contributed by atoms with E-state index in [2.05, 4.69) is 52.0 Å². The summed E-state index contributed by atoms with van der Waals surface area (Å²) in [5.74, 6) is 3.48. The molecule has 0 spiro atoms. The van der Waals surface area contributed by atoms with Gasteiger partial charge in [0.1, 0.15) is 0 Å². The minimum Gasteiger partial charge on any atom is -0.0851 e. The zero-order valence-electron chi connectivity index (χ0n) is 16.3. The standard InChI is InChI=1S/C24H36/c1-17-5-7-21(8-6-17)9-10-22-11-13-23(14-12-22)24-15-18(2)20(4)19(3)16-24/h9-10,15-17,21-23H,5-8,11-14H2,1-4H3. The van der Waals surface area contributed by atoms with Gasteiger partial charge in [-0.2, -0.15) is 0 Å². The minimum absolute atomic E-state index is 0.795. The maximum atomic E-state index is 2.59. The molecule has 132 valence electrons. The van der Waals surface area contributed by atoms with E-state index in [1.54, 1.807) is 5.56 Å². The molecule has 0 aliphatic heterocycles. The molecule has 24 heavy (non-hydrogen) atoms. The van der Waals surface area contributed by atoms with Gasteiger partial charge in [-0.25, -0.2) is 0 Å². The number of aryl methyl sites for hydroxylation is 2. The van der Waals surface area contributed by atoms with Crippen LogP contribution < -0.4 is 0 Å². The number of allylic oxidation sites excluding steroid dienone is 2. The van der Waals surface area contributed by atoms with Crippen molar-refractivity contribution in [1.29, 1.82) is 0 Å². The minimum atomic E-state index is 0.795. The molecule has 1 aromatic carbocycles. The molecule has 0 aromatic heterocycles. The Labute approximate surface area is 149 Å². The van der Waals surface area contributed by atoms with Crippen LogP contribution in [0.4, 0.5) is 0 Å². The Balaban J connectivity index is 1.52. The van der Waals surface area contributed by atoms with E-state index >= 15 is 0 Å². The molecule has 0 amide bonds. The van der Waals surface area contributed by atoms with Crippen LogP contribution in [0.25, 0.3) is 0 Å². The average molecular weight is 325 g/mol. The lowest BCUT2D eigenvalue weighted by Gasteiger charge is -2.29. The van der Waals surface area contributed by atoms with Crippen molar-refractivity contribution in [2.75, 3.05) is 0 Å². The molecule has 0 N–H and O–H groups in total. The lowest BCUT2D eigenvalue weighted by Crippen LogP contribution is -2.14. The van der Waals surface area contributed by atoms with Gasteiger partial charge < -0.3 is 0 Å². The predicted molar refractivity (Wildman–Crippen MR) is 106 cm³/mol. The van der Waals surface area contributed by atoms with Crippen LogP contribution in [0.2, 0.25) is 0 Å². The molecule has 0 heteroatoms. The Morgan fingerprint density at radius 3 is 1.67 bits per heavy atom. The van der Waals surface area contributed by atoms with Crippen molar-refractivity contribution in [3.05, 3.63) is 46.5 Å². The molecule has 0 saturated heterocycles. The van der Waals surface area contributed by atoms with E-state index in [-0.39, 0.29) is 0 Å². The summed E-state index contributed by atoms with van der Waals surface area (Å²) in [5, 5.41) is 0. The van der Waals surface area contributed by atoms with Crippen LogP contribution in [0.15, 0.2) is 24.3 Å². The van der Waals surface area contributed by atoms with Gasteiger partial charge in [-0.05, 0) is 105 Å². The molecule has 0 atom stereocenters. The van der Waals surface area contributed by atoms with Crippen LogP contribution in [-0.2, 0) is 0 Å². The molecule has 3 rings (SSSR count). The first-order chi connectivity index (χ1) is 11.5.